The Bertz CT molecular complexity index is 1220. The summed E-state index contributed by atoms with van der Waals surface area (Å²) in [7, 11) is 3.25. The first-order chi connectivity index (χ1) is 19.7. The van der Waals surface area contributed by atoms with Gasteiger partial charge in [-0.3, -0.25) is 9.59 Å². The first-order valence-electron chi connectivity index (χ1n) is 14.0. The Labute approximate surface area is 240 Å². The minimum Gasteiger partial charge on any atom is -0.497 e. The lowest BCUT2D eigenvalue weighted by Crippen LogP contribution is -2.50. The number of anilines is 2. The van der Waals surface area contributed by atoms with Crippen LogP contribution < -0.4 is 20.1 Å². The third kappa shape index (κ3) is 7.28. The van der Waals surface area contributed by atoms with E-state index in [2.05, 4.69) is 10.6 Å². The van der Waals surface area contributed by atoms with Crippen LogP contribution in [-0.2, 0) is 9.53 Å². The van der Waals surface area contributed by atoms with Crippen LogP contribution in [0.25, 0.3) is 0 Å². The molecule has 0 aliphatic carbocycles. The molecule has 4 amide bonds. The van der Waals surface area contributed by atoms with Gasteiger partial charge in [0.2, 0.25) is 5.91 Å². The Kier molecular flexibility index (Phi) is 10.1. The zero-order valence-corrected chi connectivity index (χ0v) is 24.1. The third-order valence-corrected chi connectivity index (χ3v) is 7.68. The van der Waals surface area contributed by atoms with Gasteiger partial charge in [-0.15, -0.1) is 0 Å². The number of methoxy groups -OCH3 is 1. The summed E-state index contributed by atoms with van der Waals surface area (Å²) in [5.74, 6) is 0.0886. The van der Waals surface area contributed by atoms with Crippen molar-refractivity contribution in [1.82, 2.24) is 9.80 Å². The molecule has 4 rings (SSSR count). The second kappa shape index (κ2) is 13.7. The minimum atomic E-state index is -0.525. The van der Waals surface area contributed by atoms with E-state index < -0.39 is 12.1 Å². The number of hydrogen-bond donors (Lipinski definition) is 3. The molecule has 222 valence electrons. The maximum atomic E-state index is 13.7. The number of urea groups is 1. The second-order valence-electron chi connectivity index (χ2n) is 10.7. The number of likely N-dealkylation sites (N-methyl/N-ethyl adjacent to an activating group) is 1. The summed E-state index contributed by atoms with van der Waals surface area (Å²) < 4.78 is 17.1. The average molecular weight is 569 g/mol. The standard InChI is InChI=1S/C30H40N4O7/c1-19-16-34(20(2)18-35)29(37)24-6-5-7-25(32-28(36)21-12-14-40-15-13-21)27(24)41-26(19)17-33(3)30(38)31-22-8-10-23(39-4)11-9-22/h5-11,19-21,26,35H,12-18H2,1-4H3,(H,31,38)(H,32,36)/t19-,20-,26-/m1/s1. The molecule has 41 heavy (non-hydrogen) atoms. The van der Waals surface area contributed by atoms with E-state index in [0.717, 1.165) is 0 Å². The topological polar surface area (TPSA) is 130 Å². The van der Waals surface area contributed by atoms with Crippen molar-refractivity contribution in [3.63, 3.8) is 0 Å². The van der Waals surface area contributed by atoms with E-state index in [9.17, 15) is 19.5 Å². The largest absolute Gasteiger partial charge is 0.497 e. The van der Waals surface area contributed by atoms with Crippen LogP contribution in [0.1, 0.15) is 37.0 Å². The molecule has 1 fully saturated rings. The van der Waals surface area contributed by atoms with Gasteiger partial charge in [0, 0.05) is 44.3 Å². The summed E-state index contributed by atoms with van der Waals surface area (Å²) in [6.45, 7) is 5.10. The smallest absolute Gasteiger partial charge is 0.321 e. The van der Waals surface area contributed by atoms with Crippen molar-refractivity contribution in [2.45, 2.75) is 38.8 Å². The molecule has 3 atom stereocenters. The quantitative estimate of drug-likeness (QED) is 0.445. The molecular weight excluding hydrogens is 528 g/mol. The number of nitrogens with one attached hydrogen (secondary N) is 2. The van der Waals surface area contributed by atoms with Crippen molar-refractivity contribution < 1.29 is 33.7 Å². The number of ether oxygens (including phenoxy) is 3. The molecule has 3 N–H and O–H groups in total. The summed E-state index contributed by atoms with van der Waals surface area (Å²) in [4.78, 5) is 43.0. The monoisotopic (exact) mass is 568 g/mol. The lowest BCUT2D eigenvalue weighted by Gasteiger charge is -2.38. The summed E-state index contributed by atoms with van der Waals surface area (Å²) in [6, 6.07) is 11.3. The Morgan fingerprint density at radius 2 is 1.85 bits per heavy atom. The summed E-state index contributed by atoms with van der Waals surface area (Å²) in [6.07, 6.45) is 0.717. The predicted molar refractivity (Wildman–Crippen MR) is 154 cm³/mol. The molecule has 2 aromatic carbocycles. The Morgan fingerprint density at radius 3 is 2.51 bits per heavy atom. The van der Waals surface area contributed by atoms with Crippen LogP contribution in [0.2, 0.25) is 0 Å². The summed E-state index contributed by atoms with van der Waals surface area (Å²) in [5.41, 5.74) is 1.30. The van der Waals surface area contributed by atoms with E-state index in [4.69, 9.17) is 14.2 Å². The van der Waals surface area contributed by atoms with Gasteiger partial charge in [-0.25, -0.2) is 4.79 Å². The maximum absolute atomic E-state index is 13.7. The number of carbonyl (C=O) groups excluding carboxylic acids is 3. The van der Waals surface area contributed by atoms with Gasteiger partial charge in [-0.2, -0.15) is 0 Å². The molecule has 2 aliphatic heterocycles. The first kappa shape index (κ1) is 30.1. The molecule has 1 saturated heterocycles. The number of nitrogens with zero attached hydrogens (tertiary/aromatic N) is 2. The number of benzene rings is 2. The Hall–Kier alpha value is -3.83. The lowest BCUT2D eigenvalue weighted by atomic mass is 9.98. The van der Waals surface area contributed by atoms with Crippen LogP contribution in [0.15, 0.2) is 42.5 Å². The van der Waals surface area contributed by atoms with E-state index in [0.29, 0.717) is 49.7 Å². The summed E-state index contributed by atoms with van der Waals surface area (Å²) in [5, 5.41) is 15.8. The van der Waals surface area contributed by atoms with Crippen LogP contribution in [0.4, 0.5) is 16.2 Å². The van der Waals surface area contributed by atoms with Crippen LogP contribution in [0, 0.1) is 11.8 Å². The van der Waals surface area contributed by atoms with Crippen molar-refractivity contribution in [2.75, 3.05) is 57.7 Å². The van der Waals surface area contributed by atoms with Crippen LogP contribution in [-0.4, -0.2) is 92.0 Å². The zero-order valence-electron chi connectivity index (χ0n) is 24.1. The minimum absolute atomic E-state index is 0.152. The fourth-order valence-corrected chi connectivity index (χ4v) is 5.00. The van der Waals surface area contributed by atoms with E-state index in [1.54, 1.807) is 68.4 Å². The van der Waals surface area contributed by atoms with Crippen molar-refractivity contribution in [3.8, 4) is 11.5 Å². The molecule has 0 unspecified atom stereocenters. The second-order valence-corrected chi connectivity index (χ2v) is 10.7. The van der Waals surface area contributed by atoms with E-state index in [1.165, 1.54) is 4.90 Å². The van der Waals surface area contributed by atoms with E-state index in [-0.39, 0.29) is 54.1 Å². The van der Waals surface area contributed by atoms with Gasteiger partial charge in [-0.1, -0.05) is 13.0 Å². The van der Waals surface area contributed by atoms with Gasteiger partial charge in [0.1, 0.15) is 11.9 Å². The number of carbonyl (C=O) groups is 3. The Morgan fingerprint density at radius 1 is 1.15 bits per heavy atom. The molecule has 2 heterocycles. The van der Waals surface area contributed by atoms with Crippen molar-refractivity contribution in [1.29, 1.82) is 0 Å². The fourth-order valence-electron chi connectivity index (χ4n) is 5.00. The number of aliphatic hydroxyl groups excluding tert-OH is 1. The SMILES string of the molecule is COc1ccc(NC(=O)N(C)C[C@H]2Oc3c(NC(=O)C4CCOCC4)cccc3C(=O)N([C@H](C)CO)C[C@H]2C)cc1. The molecule has 11 nitrogen and oxygen atoms in total. The van der Waals surface area contributed by atoms with Crippen molar-refractivity contribution in [2.24, 2.45) is 11.8 Å². The average Bonchev–Trinajstić information content (AvgIpc) is 2.99. The van der Waals surface area contributed by atoms with Gasteiger partial charge in [0.25, 0.3) is 5.91 Å². The van der Waals surface area contributed by atoms with Gasteiger partial charge < -0.3 is 39.8 Å². The van der Waals surface area contributed by atoms with Crippen LogP contribution in [0.3, 0.4) is 0 Å². The summed E-state index contributed by atoms with van der Waals surface area (Å²) >= 11 is 0. The highest BCUT2D eigenvalue weighted by atomic mass is 16.5. The number of aliphatic hydroxyl groups is 1. The molecule has 2 aliphatic rings. The zero-order chi connectivity index (χ0) is 29.5. The number of rotatable bonds is 8. The lowest BCUT2D eigenvalue weighted by molar-refractivity contribution is -0.122. The van der Waals surface area contributed by atoms with Crippen LogP contribution >= 0.6 is 0 Å². The first-order valence-corrected chi connectivity index (χ1v) is 14.0. The van der Waals surface area contributed by atoms with Gasteiger partial charge >= 0.3 is 6.03 Å². The van der Waals surface area contributed by atoms with Gasteiger partial charge in [0.15, 0.2) is 5.75 Å². The molecule has 11 heteroatoms. The molecule has 2 aromatic rings. The number of fused-ring (bicyclic) bond motifs is 1. The van der Waals surface area contributed by atoms with Crippen molar-refractivity contribution in [3.05, 3.63) is 48.0 Å². The third-order valence-electron chi connectivity index (χ3n) is 7.68. The molecule has 0 spiro atoms. The molecule has 0 bridgehead atoms. The van der Waals surface area contributed by atoms with Gasteiger partial charge in [0.05, 0.1) is 37.6 Å². The molecular formula is C30H40N4O7. The molecule has 0 radical (unpaired) electrons. The Balaban J connectivity index is 1.60. The number of amides is 4. The fraction of sp³-hybridized carbons (Fsp3) is 0.500. The van der Waals surface area contributed by atoms with Crippen LogP contribution in [0.5, 0.6) is 11.5 Å². The molecule has 0 saturated carbocycles. The highest BCUT2D eigenvalue weighted by molar-refractivity contribution is 6.02. The number of hydrogen-bond acceptors (Lipinski definition) is 7. The predicted octanol–water partition coefficient (Wildman–Crippen LogP) is 3.44. The highest BCUT2D eigenvalue weighted by Gasteiger charge is 2.35. The van der Waals surface area contributed by atoms with Crippen molar-refractivity contribution >= 4 is 29.2 Å². The van der Waals surface area contributed by atoms with E-state index in [1.807, 2.05) is 6.92 Å². The highest BCUT2D eigenvalue weighted by Crippen LogP contribution is 2.35. The van der Waals surface area contributed by atoms with E-state index >= 15 is 0 Å². The van der Waals surface area contributed by atoms with Gasteiger partial charge in [-0.05, 0) is 56.2 Å². The molecule has 0 aromatic heterocycles. The number of para-hydroxylation sites is 1. The normalized spacial score (nSPS) is 20.1. The maximum Gasteiger partial charge on any atom is 0.321 e.